The van der Waals surface area contributed by atoms with Gasteiger partial charge in [0.15, 0.2) is 0 Å². The lowest BCUT2D eigenvalue weighted by Crippen LogP contribution is -2.38. The summed E-state index contributed by atoms with van der Waals surface area (Å²) >= 11 is 0. The first-order chi connectivity index (χ1) is 6.45. The lowest BCUT2D eigenvalue weighted by atomic mass is 10.2. The number of piperidine rings is 1. The van der Waals surface area contributed by atoms with Crippen molar-refractivity contribution < 1.29 is 4.74 Å². The number of fused-ring (bicyclic) bond motifs is 1. The van der Waals surface area contributed by atoms with Gasteiger partial charge in [0.05, 0.1) is 13.2 Å². The summed E-state index contributed by atoms with van der Waals surface area (Å²) < 4.78 is 5.34. The van der Waals surface area contributed by atoms with E-state index < -0.39 is 0 Å². The fourth-order valence-corrected chi connectivity index (χ4v) is 2.90. The molecule has 3 nitrogen and oxygen atoms in total. The fourth-order valence-electron chi connectivity index (χ4n) is 2.90. The summed E-state index contributed by atoms with van der Waals surface area (Å²) in [5.74, 6) is 3.05. The molecule has 0 bridgehead atoms. The summed E-state index contributed by atoms with van der Waals surface area (Å²) in [6.07, 6.45) is 0. The second-order valence-corrected chi connectivity index (χ2v) is 4.56. The number of nitrogens with zero attached hydrogens (tertiary/aromatic N) is 1. The van der Waals surface area contributed by atoms with Gasteiger partial charge in [-0.05, 0) is 30.8 Å². The summed E-state index contributed by atoms with van der Waals surface area (Å²) in [5.41, 5.74) is 0. The average Bonchev–Trinajstić information content (AvgIpc) is 2.65. The predicted molar refractivity (Wildman–Crippen MR) is 50.6 cm³/mol. The predicted octanol–water partition coefficient (Wildman–Crippen LogP) is -0.216. The normalized spacial score (nSPS) is 44.8. The van der Waals surface area contributed by atoms with Gasteiger partial charge in [0.25, 0.3) is 0 Å². The van der Waals surface area contributed by atoms with Gasteiger partial charge in [-0.3, -0.25) is 4.90 Å². The van der Waals surface area contributed by atoms with Crippen molar-refractivity contribution in [1.82, 2.24) is 10.2 Å². The molecule has 2 unspecified atom stereocenters. The summed E-state index contributed by atoms with van der Waals surface area (Å²) in [6.45, 7) is 8.09. The Kier molecular flexibility index (Phi) is 2.04. The molecule has 0 aromatic carbocycles. The molecule has 1 N–H and O–H groups in total. The second kappa shape index (κ2) is 3.23. The zero-order valence-corrected chi connectivity index (χ0v) is 8.04. The third kappa shape index (κ3) is 1.49. The highest BCUT2D eigenvalue weighted by molar-refractivity contribution is 5.04. The van der Waals surface area contributed by atoms with Crippen LogP contribution in [0.15, 0.2) is 0 Å². The summed E-state index contributed by atoms with van der Waals surface area (Å²) in [4.78, 5) is 2.58. The molecule has 2 heterocycles. The van der Waals surface area contributed by atoms with Crippen molar-refractivity contribution in [3.05, 3.63) is 0 Å². The Labute approximate surface area is 79.4 Å². The molecule has 3 aliphatic rings. The van der Waals surface area contributed by atoms with E-state index in [1.54, 1.807) is 0 Å². The molecule has 3 heteroatoms. The third-order valence-corrected chi connectivity index (χ3v) is 3.84. The van der Waals surface area contributed by atoms with Crippen molar-refractivity contribution in [2.75, 3.05) is 45.9 Å². The Bertz CT molecular complexity index is 181. The molecule has 3 rings (SSSR count). The van der Waals surface area contributed by atoms with E-state index in [9.17, 15) is 0 Å². The summed E-state index contributed by atoms with van der Waals surface area (Å²) in [6, 6.07) is 0. The van der Waals surface area contributed by atoms with Crippen molar-refractivity contribution in [2.24, 2.45) is 17.8 Å². The van der Waals surface area contributed by atoms with E-state index >= 15 is 0 Å². The maximum absolute atomic E-state index is 5.34. The van der Waals surface area contributed by atoms with Gasteiger partial charge in [-0.25, -0.2) is 0 Å². The molecule has 2 saturated heterocycles. The van der Waals surface area contributed by atoms with E-state index in [1.807, 2.05) is 0 Å². The standard InChI is InChI=1S/C10H18N2O/c1-3-13-4-2-12(1)7-10-8-5-11-6-9(8)10/h8-11H,1-7H2. The van der Waals surface area contributed by atoms with E-state index in [0.717, 1.165) is 44.1 Å². The minimum atomic E-state index is 0.945. The number of morpholine rings is 1. The minimum absolute atomic E-state index is 0.945. The number of hydrogen-bond donors (Lipinski definition) is 1. The molecular weight excluding hydrogens is 164 g/mol. The molecule has 2 aliphatic heterocycles. The lowest BCUT2D eigenvalue weighted by molar-refractivity contribution is 0.0343. The van der Waals surface area contributed by atoms with Gasteiger partial charge < -0.3 is 10.1 Å². The third-order valence-electron chi connectivity index (χ3n) is 3.84. The second-order valence-electron chi connectivity index (χ2n) is 4.56. The van der Waals surface area contributed by atoms with Gasteiger partial charge in [-0.2, -0.15) is 0 Å². The minimum Gasteiger partial charge on any atom is -0.379 e. The molecule has 0 radical (unpaired) electrons. The van der Waals surface area contributed by atoms with E-state index in [2.05, 4.69) is 10.2 Å². The SMILES string of the molecule is C1CN(CC2C3CNCC32)CCO1. The molecule has 1 aliphatic carbocycles. The van der Waals surface area contributed by atoms with Crippen LogP contribution in [0.5, 0.6) is 0 Å². The molecule has 3 fully saturated rings. The van der Waals surface area contributed by atoms with Crippen LogP contribution in [0, 0.1) is 17.8 Å². The zero-order valence-electron chi connectivity index (χ0n) is 8.04. The molecule has 2 atom stereocenters. The Balaban J connectivity index is 1.47. The van der Waals surface area contributed by atoms with Crippen molar-refractivity contribution in [2.45, 2.75) is 0 Å². The molecule has 13 heavy (non-hydrogen) atoms. The van der Waals surface area contributed by atoms with Gasteiger partial charge in [-0.1, -0.05) is 0 Å². The highest BCUT2D eigenvalue weighted by Gasteiger charge is 2.52. The Morgan fingerprint density at radius 3 is 2.54 bits per heavy atom. The van der Waals surface area contributed by atoms with Crippen molar-refractivity contribution >= 4 is 0 Å². The van der Waals surface area contributed by atoms with Crippen molar-refractivity contribution in [1.29, 1.82) is 0 Å². The molecule has 0 amide bonds. The zero-order chi connectivity index (χ0) is 8.67. The highest BCUT2D eigenvalue weighted by atomic mass is 16.5. The average molecular weight is 182 g/mol. The van der Waals surface area contributed by atoms with Crippen LogP contribution >= 0.6 is 0 Å². The van der Waals surface area contributed by atoms with Crippen LogP contribution in [0.2, 0.25) is 0 Å². The Morgan fingerprint density at radius 1 is 1.15 bits per heavy atom. The largest absolute Gasteiger partial charge is 0.379 e. The van der Waals surface area contributed by atoms with Crippen LogP contribution in [0.4, 0.5) is 0 Å². The van der Waals surface area contributed by atoms with Gasteiger partial charge in [0, 0.05) is 19.6 Å². The maximum atomic E-state index is 5.34. The number of nitrogens with one attached hydrogen (secondary N) is 1. The lowest BCUT2D eigenvalue weighted by Gasteiger charge is -2.27. The van der Waals surface area contributed by atoms with Crippen molar-refractivity contribution in [3.8, 4) is 0 Å². The molecule has 74 valence electrons. The number of rotatable bonds is 2. The first-order valence-electron chi connectivity index (χ1n) is 5.46. The van der Waals surface area contributed by atoms with Gasteiger partial charge >= 0.3 is 0 Å². The van der Waals surface area contributed by atoms with Gasteiger partial charge in [-0.15, -0.1) is 0 Å². The van der Waals surface area contributed by atoms with E-state index in [1.165, 1.54) is 19.6 Å². The van der Waals surface area contributed by atoms with Gasteiger partial charge in [0.1, 0.15) is 0 Å². The topological polar surface area (TPSA) is 24.5 Å². The van der Waals surface area contributed by atoms with Crippen LogP contribution in [-0.4, -0.2) is 50.8 Å². The molecule has 0 aromatic rings. The molecule has 0 spiro atoms. The Morgan fingerprint density at radius 2 is 1.85 bits per heavy atom. The van der Waals surface area contributed by atoms with E-state index in [0.29, 0.717) is 0 Å². The van der Waals surface area contributed by atoms with Gasteiger partial charge in [0.2, 0.25) is 0 Å². The van der Waals surface area contributed by atoms with Crippen LogP contribution in [0.1, 0.15) is 0 Å². The quantitative estimate of drug-likeness (QED) is 0.639. The summed E-state index contributed by atoms with van der Waals surface area (Å²) in [5, 5.41) is 3.45. The number of hydrogen-bond acceptors (Lipinski definition) is 3. The first kappa shape index (κ1) is 8.21. The van der Waals surface area contributed by atoms with E-state index in [-0.39, 0.29) is 0 Å². The fraction of sp³-hybridized carbons (Fsp3) is 1.00. The van der Waals surface area contributed by atoms with Crippen molar-refractivity contribution in [3.63, 3.8) is 0 Å². The number of ether oxygens (including phenoxy) is 1. The highest BCUT2D eigenvalue weighted by Crippen LogP contribution is 2.48. The molecular formula is C10H18N2O. The smallest absolute Gasteiger partial charge is 0.0594 e. The van der Waals surface area contributed by atoms with Crippen LogP contribution in [0.3, 0.4) is 0 Å². The van der Waals surface area contributed by atoms with E-state index in [4.69, 9.17) is 4.74 Å². The summed E-state index contributed by atoms with van der Waals surface area (Å²) in [7, 11) is 0. The van der Waals surface area contributed by atoms with Crippen LogP contribution < -0.4 is 5.32 Å². The monoisotopic (exact) mass is 182 g/mol. The van der Waals surface area contributed by atoms with Crippen LogP contribution in [0.25, 0.3) is 0 Å². The molecule has 1 saturated carbocycles. The Hall–Kier alpha value is -0.120. The molecule has 0 aromatic heterocycles. The maximum Gasteiger partial charge on any atom is 0.0594 e. The first-order valence-corrected chi connectivity index (χ1v) is 5.46. The van der Waals surface area contributed by atoms with Crippen LogP contribution in [-0.2, 0) is 4.74 Å².